The van der Waals surface area contributed by atoms with E-state index in [0.29, 0.717) is 0 Å². The van der Waals surface area contributed by atoms with E-state index in [1.165, 1.54) is 6.92 Å². The van der Waals surface area contributed by atoms with Gasteiger partial charge in [0.25, 0.3) is 0 Å². The zero-order valence-electron chi connectivity index (χ0n) is 11.5. The van der Waals surface area contributed by atoms with Crippen molar-refractivity contribution in [3.63, 3.8) is 0 Å². The van der Waals surface area contributed by atoms with Crippen LogP contribution >= 0.6 is 0 Å². The second kappa shape index (κ2) is 4.15. The lowest BCUT2D eigenvalue weighted by atomic mass is 9.88. The molecule has 6 heteroatoms. The third-order valence-electron chi connectivity index (χ3n) is 4.28. The normalized spacial score (nSPS) is 46.9. The van der Waals surface area contributed by atoms with Gasteiger partial charge in [-0.25, -0.2) is 0 Å². The quantitative estimate of drug-likeness (QED) is 0.735. The predicted octanol–water partition coefficient (Wildman–Crippen LogP) is -0.0651. The molecule has 3 rings (SSSR count). The fourth-order valence-electron chi connectivity index (χ4n) is 3.55. The summed E-state index contributed by atoms with van der Waals surface area (Å²) in [5.74, 6) is -0.828. The van der Waals surface area contributed by atoms with E-state index in [0.717, 1.165) is 12.8 Å². The summed E-state index contributed by atoms with van der Waals surface area (Å²) in [6, 6.07) is -0.216. The highest BCUT2D eigenvalue weighted by molar-refractivity contribution is 5.73. The van der Waals surface area contributed by atoms with Crippen molar-refractivity contribution in [3.05, 3.63) is 0 Å². The number of nitrogens with one attached hydrogen (secondary N) is 1. The van der Waals surface area contributed by atoms with Crippen molar-refractivity contribution in [3.8, 4) is 0 Å². The van der Waals surface area contributed by atoms with Crippen molar-refractivity contribution in [1.29, 1.82) is 0 Å². The van der Waals surface area contributed by atoms with Crippen LogP contribution in [0.25, 0.3) is 0 Å². The van der Waals surface area contributed by atoms with Crippen LogP contribution in [0.5, 0.6) is 0 Å². The molecule has 0 aromatic heterocycles. The minimum absolute atomic E-state index is 0.0864. The SMILES string of the molecule is CC(=O)N[C@@H]1C2CC[C@](CO)(O2)[C@@H]2OC(C)(C)O[C@H]12. The highest BCUT2D eigenvalue weighted by atomic mass is 16.8. The van der Waals surface area contributed by atoms with Gasteiger partial charge >= 0.3 is 0 Å². The molecule has 3 saturated heterocycles. The molecule has 0 spiro atoms. The molecule has 1 amide bonds. The first kappa shape index (κ1) is 13.3. The molecule has 3 heterocycles. The van der Waals surface area contributed by atoms with Gasteiger partial charge < -0.3 is 24.6 Å². The maximum absolute atomic E-state index is 11.4. The number of ether oxygens (including phenoxy) is 3. The minimum Gasteiger partial charge on any atom is -0.393 e. The molecule has 0 aromatic carbocycles. The molecule has 3 aliphatic heterocycles. The van der Waals surface area contributed by atoms with E-state index in [4.69, 9.17) is 14.2 Å². The van der Waals surface area contributed by atoms with Crippen LogP contribution in [-0.2, 0) is 19.0 Å². The van der Waals surface area contributed by atoms with Crippen LogP contribution in [0.4, 0.5) is 0 Å². The van der Waals surface area contributed by atoms with Gasteiger partial charge in [-0.2, -0.15) is 0 Å². The second-order valence-electron chi connectivity index (χ2n) is 6.16. The second-order valence-corrected chi connectivity index (χ2v) is 6.16. The highest BCUT2D eigenvalue weighted by Gasteiger charge is 2.64. The van der Waals surface area contributed by atoms with Gasteiger partial charge in [-0.15, -0.1) is 0 Å². The summed E-state index contributed by atoms with van der Waals surface area (Å²) in [5, 5.41) is 12.6. The Bertz CT molecular complexity index is 398. The average Bonchev–Trinajstić information content (AvgIpc) is 2.85. The Labute approximate surface area is 112 Å². The van der Waals surface area contributed by atoms with E-state index in [9.17, 15) is 9.90 Å². The first-order valence-electron chi connectivity index (χ1n) is 6.78. The molecule has 2 N–H and O–H groups in total. The molecule has 1 unspecified atom stereocenters. The van der Waals surface area contributed by atoms with Crippen molar-refractivity contribution in [2.75, 3.05) is 6.61 Å². The Morgan fingerprint density at radius 3 is 2.74 bits per heavy atom. The van der Waals surface area contributed by atoms with Gasteiger partial charge in [0, 0.05) is 6.92 Å². The molecular formula is C13H21NO5. The molecule has 3 fully saturated rings. The maximum atomic E-state index is 11.4. The number of carbonyl (C=O) groups excluding carboxylic acids is 1. The number of hydrogen-bond donors (Lipinski definition) is 2. The molecule has 0 saturated carbocycles. The number of hydrogen-bond acceptors (Lipinski definition) is 5. The molecule has 0 aromatic rings. The smallest absolute Gasteiger partial charge is 0.217 e. The predicted molar refractivity (Wildman–Crippen MR) is 65.4 cm³/mol. The Balaban J connectivity index is 1.92. The fraction of sp³-hybridized carbons (Fsp3) is 0.923. The van der Waals surface area contributed by atoms with Gasteiger partial charge in [0.1, 0.15) is 17.8 Å². The standard InChI is InChI=1S/C13H21NO5/c1-7(16)14-9-8-4-5-13(6-15,17-8)11-10(9)18-12(2,3)19-11/h8-11,15H,4-6H2,1-3H3,(H,14,16)/t8?,9-,10-,11-,13-/m1/s1. The van der Waals surface area contributed by atoms with E-state index in [1.54, 1.807) is 0 Å². The van der Waals surface area contributed by atoms with E-state index in [1.807, 2.05) is 13.8 Å². The van der Waals surface area contributed by atoms with Gasteiger partial charge in [0.15, 0.2) is 5.79 Å². The van der Waals surface area contributed by atoms with Crippen LogP contribution in [0.1, 0.15) is 33.6 Å². The minimum atomic E-state index is -0.720. The first-order valence-corrected chi connectivity index (χ1v) is 6.78. The van der Waals surface area contributed by atoms with Crippen LogP contribution in [-0.4, -0.2) is 53.4 Å². The topological polar surface area (TPSA) is 77.0 Å². The lowest BCUT2D eigenvalue weighted by Crippen LogP contribution is -2.64. The van der Waals surface area contributed by atoms with Crippen molar-refractivity contribution < 1.29 is 24.1 Å². The Kier molecular flexibility index (Phi) is 2.91. The largest absolute Gasteiger partial charge is 0.393 e. The average molecular weight is 271 g/mol. The molecule has 108 valence electrons. The zero-order chi connectivity index (χ0) is 13.8. The zero-order valence-corrected chi connectivity index (χ0v) is 11.5. The molecule has 3 aliphatic rings. The number of amides is 1. The molecule has 19 heavy (non-hydrogen) atoms. The van der Waals surface area contributed by atoms with Crippen LogP contribution in [0.15, 0.2) is 0 Å². The third-order valence-corrected chi connectivity index (χ3v) is 4.28. The van der Waals surface area contributed by atoms with Crippen LogP contribution in [0, 0.1) is 0 Å². The van der Waals surface area contributed by atoms with E-state index in [-0.39, 0.29) is 36.9 Å². The van der Waals surface area contributed by atoms with Crippen molar-refractivity contribution in [1.82, 2.24) is 5.32 Å². The highest BCUT2D eigenvalue weighted by Crippen LogP contribution is 2.49. The maximum Gasteiger partial charge on any atom is 0.217 e. The van der Waals surface area contributed by atoms with Crippen molar-refractivity contribution in [2.24, 2.45) is 0 Å². The van der Waals surface area contributed by atoms with Gasteiger partial charge in [-0.1, -0.05) is 0 Å². The van der Waals surface area contributed by atoms with Gasteiger partial charge in [0.05, 0.1) is 18.8 Å². The molecule has 5 atom stereocenters. The van der Waals surface area contributed by atoms with E-state index in [2.05, 4.69) is 5.32 Å². The van der Waals surface area contributed by atoms with E-state index < -0.39 is 11.4 Å². The molecule has 0 aliphatic carbocycles. The summed E-state index contributed by atoms with van der Waals surface area (Å²) in [7, 11) is 0. The fourth-order valence-corrected chi connectivity index (χ4v) is 3.55. The molecule has 2 bridgehead atoms. The van der Waals surface area contributed by atoms with Crippen molar-refractivity contribution in [2.45, 2.75) is 69.4 Å². The summed E-state index contributed by atoms with van der Waals surface area (Å²) in [4.78, 5) is 11.4. The number of aliphatic hydroxyl groups excluding tert-OH is 1. The molecule has 6 nitrogen and oxygen atoms in total. The summed E-state index contributed by atoms with van der Waals surface area (Å²) >= 11 is 0. The Hall–Kier alpha value is -0.690. The molecule has 0 radical (unpaired) electrons. The molecular weight excluding hydrogens is 250 g/mol. The third kappa shape index (κ3) is 1.98. The van der Waals surface area contributed by atoms with Crippen molar-refractivity contribution >= 4 is 5.91 Å². The van der Waals surface area contributed by atoms with E-state index >= 15 is 0 Å². The monoisotopic (exact) mass is 271 g/mol. The number of rotatable bonds is 2. The van der Waals surface area contributed by atoms with Gasteiger partial charge in [0.2, 0.25) is 5.91 Å². The number of fused-ring (bicyclic) bond motifs is 4. The summed E-state index contributed by atoms with van der Waals surface area (Å²) in [6.07, 6.45) is 0.793. The Morgan fingerprint density at radius 1 is 1.37 bits per heavy atom. The summed E-state index contributed by atoms with van der Waals surface area (Å²) in [5.41, 5.74) is -0.682. The summed E-state index contributed by atoms with van der Waals surface area (Å²) < 4.78 is 17.9. The van der Waals surface area contributed by atoms with Gasteiger partial charge in [-0.3, -0.25) is 4.79 Å². The number of carbonyl (C=O) groups is 1. The number of aliphatic hydroxyl groups is 1. The van der Waals surface area contributed by atoms with Crippen LogP contribution in [0.3, 0.4) is 0 Å². The lowest BCUT2D eigenvalue weighted by Gasteiger charge is -2.43. The van der Waals surface area contributed by atoms with Crippen LogP contribution < -0.4 is 5.32 Å². The lowest BCUT2D eigenvalue weighted by molar-refractivity contribution is -0.198. The van der Waals surface area contributed by atoms with Crippen LogP contribution in [0.2, 0.25) is 0 Å². The van der Waals surface area contributed by atoms with Gasteiger partial charge in [-0.05, 0) is 26.7 Å². The Morgan fingerprint density at radius 2 is 2.11 bits per heavy atom. The first-order chi connectivity index (χ1) is 8.87. The summed E-state index contributed by atoms with van der Waals surface area (Å²) in [6.45, 7) is 5.08.